The predicted octanol–water partition coefficient (Wildman–Crippen LogP) is 1.79. The summed E-state index contributed by atoms with van der Waals surface area (Å²) in [6, 6.07) is 7.72. The van der Waals surface area contributed by atoms with Crippen molar-refractivity contribution in [2.45, 2.75) is 19.4 Å². The number of anilines is 1. The smallest absolute Gasteiger partial charge is 0.238 e. The zero-order valence-corrected chi connectivity index (χ0v) is 12.6. The van der Waals surface area contributed by atoms with E-state index in [0.29, 0.717) is 26.4 Å². The summed E-state index contributed by atoms with van der Waals surface area (Å²) in [5.74, 6) is 0.776. The molecule has 1 aliphatic carbocycles. The van der Waals surface area contributed by atoms with Crippen molar-refractivity contribution in [1.29, 1.82) is 0 Å². The van der Waals surface area contributed by atoms with Gasteiger partial charge >= 0.3 is 0 Å². The zero-order valence-electron chi connectivity index (χ0n) is 12.6. The molecule has 0 aromatic heterocycles. The highest BCUT2D eigenvalue weighted by atomic mass is 16.5. The van der Waals surface area contributed by atoms with Crippen LogP contribution in [0, 0.1) is 5.92 Å². The maximum atomic E-state index is 11.8. The van der Waals surface area contributed by atoms with Crippen molar-refractivity contribution in [3.63, 3.8) is 0 Å². The molecule has 0 saturated heterocycles. The molecule has 0 heterocycles. The normalized spacial score (nSPS) is 14.1. The largest absolute Gasteiger partial charge is 0.382 e. The third-order valence-corrected chi connectivity index (χ3v) is 3.33. The summed E-state index contributed by atoms with van der Waals surface area (Å²) in [4.78, 5) is 11.8. The van der Waals surface area contributed by atoms with Gasteiger partial charge in [-0.1, -0.05) is 12.1 Å². The van der Waals surface area contributed by atoms with Crippen molar-refractivity contribution in [3.05, 3.63) is 29.8 Å². The van der Waals surface area contributed by atoms with Crippen LogP contribution >= 0.6 is 0 Å². The quantitative estimate of drug-likeness (QED) is 0.646. The number of carbonyl (C=O) groups excluding carboxylic acids is 1. The lowest BCUT2D eigenvalue weighted by Gasteiger charge is -2.09. The van der Waals surface area contributed by atoms with E-state index in [2.05, 4.69) is 10.6 Å². The van der Waals surface area contributed by atoms with Crippen molar-refractivity contribution in [3.8, 4) is 0 Å². The topological polar surface area (TPSA) is 59.6 Å². The van der Waals surface area contributed by atoms with E-state index in [1.54, 1.807) is 7.11 Å². The minimum atomic E-state index is -0.00639. The summed E-state index contributed by atoms with van der Waals surface area (Å²) in [5.41, 5.74) is 1.84. The molecule has 5 heteroatoms. The van der Waals surface area contributed by atoms with Crippen molar-refractivity contribution in [1.82, 2.24) is 5.32 Å². The average molecular weight is 292 g/mol. The number of hydrogen-bond donors (Lipinski definition) is 2. The van der Waals surface area contributed by atoms with Gasteiger partial charge in [-0.2, -0.15) is 0 Å². The van der Waals surface area contributed by atoms with Crippen LogP contribution in [0.1, 0.15) is 18.4 Å². The summed E-state index contributed by atoms with van der Waals surface area (Å²) in [7, 11) is 1.65. The molecule has 2 N–H and O–H groups in total. The average Bonchev–Trinajstić information content (AvgIpc) is 3.28. The first-order valence-corrected chi connectivity index (χ1v) is 7.44. The first kappa shape index (κ1) is 15.9. The van der Waals surface area contributed by atoms with E-state index < -0.39 is 0 Å². The van der Waals surface area contributed by atoms with E-state index in [0.717, 1.165) is 23.7 Å². The van der Waals surface area contributed by atoms with Crippen LogP contribution in [0.15, 0.2) is 24.3 Å². The van der Waals surface area contributed by atoms with Gasteiger partial charge in [0.2, 0.25) is 5.91 Å². The SMILES string of the molecule is COCCOCc1cccc(NC(=O)CNCC2CC2)c1. The Hall–Kier alpha value is -1.43. The lowest BCUT2D eigenvalue weighted by molar-refractivity contribution is -0.115. The van der Waals surface area contributed by atoms with Crippen molar-refractivity contribution < 1.29 is 14.3 Å². The second-order valence-electron chi connectivity index (χ2n) is 5.37. The zero-order chi connectivity index (χ0) is 14.9. The van der Waals surface area contributed by atoms with Gasteiger partial charge in [-0.3, -0.25) is 4.79 Å². The molecule has 0 bridgehead atoms. The number of carbonyl (C=O) groups is 1. The third-order valence-electron chi connectivity index (χ3n) is 3.33. The fourth-order valence-electron chi connectivity index (χ4n) is 1.99. The molecule has 5 nitrogen and oxygen atoms in total. The van der Waals surface area contributed by atoms with Gasteiger partial charge < -0.3 is 20.1 Å². The van der Waals surface area contributed by atoms with Gasteiger partial charge in [0.25, 0.3) is 0 Å². The Morgan fingerprint density at radius 3 is 2.95 bits per heavy atom. The van der Waals surface area contributed by atoms with Crippen LogP contribution in [0.3, 0.4) is 0 Å². The molecular weight excluding hydrogens is 268 g/mol. The first-order chi connectivity index (χ1) is 10.3. The maximum absolute atomic E-state index is 11.8. The Labute approximate surface area is 126 Å². The van der Waals surface area contributed by atoms with E-state index in [1.807, 2.05) is 24.3 Å². The molecule has 1 amide bonds. The monoisotopic (exact) mass is 292 g/mol. The molecule has 0 unspecified atom stereocenters. The molecule has 0 radical (unpaired) electrons. The fraction of sp³-hybridized carbons (Fsp3) is 0.562. The van der Waals surface area contributed by atoms with Crippen LogP contribution in [-0.2, 0) is 20.9 Å². The van der Waals surface area contributed by atoms with Gasteiger partial charge in [0.15, 0.2) is 0 Å². The number of hydrogen-bond acceptors (Lipinski definition) is 4. The molecule has 0 atom stereocenters. The van der Waals surface area contributed by atoms with Gasteiger partial charge in [0.1, 0.15) is 0 Å². The Bertz CT molecular complexity index is 447. The highest BCUT2D eigenvalue weighted by Gasteiger charge is 2.20. The van der Waals surface area contributed by atoms with Gasteiger partial charge in [0.05, 0.1) is 26.4 Å². The second kappa shape index (κ2) is 8.77. The highest BCUT2D eigenvalue weighted by molar-refractivity contribution is 5.92. The molecule has 1 aromatic carbocycles. The number of rotatable bonds is 10. The van der Waals surface area contributed by atoms with Crippen molar-refractivity contribution >= 4 is 11.6 Å². The van der Waals surface area contributed by atoms with Crippen molar-refractivity contribution in [2.75, 3.05) is 38.7 Å². The Morgan fingerprint density at radius 2 is 2.19 bits per heavy atom. The van der Waals surface area contributed by atoms with E-state index in [4.69, 9.17) is 9.47 Å². The van der Waals surface area contributed by atoms with Gasteiger partial charge in [-0.15, -0.1) is 0 Å². The molecule has 0 spiro atoms. The summed E-state index contributed by atoms with van der Waals surface area (Å²) >= 11 is 0. The van der Waals surface area contributed by atoms with Gasteiger partial charge in [-0.25, -0.2) is 0 Å². The molecule has 1 aromatic rings. The maximum Gasteiger partial charge on any atom is 0.238 e. The summed E-state index contributed by atoms with van der Waals surface area (Å²) in [6.07, 6.45) is 2.58. The molecule has 1 saturated carbocycles. The number of amides is 1. The third kappa shape index (κ3) is 6.71. The van der Waals surface area contributed by atoms with Crippen molar-refractivity contribution in [2.24, 2.45) is 5.92 Å². The molecule has 0 aliphatic heterocycles. The number of nitrogens with one attached hydrogen (secondary N) is 2. The minimum absolute atomic E-state index is 0.00639. The summed E-state index contributed by atoms with van der Waals surface area (Å²) in [6.45, 7) is 2.99. The van der Waals surface area contributed by atoms with Gasteiger partial charge in [-0.05, 0) is 43.0 Å². The first-order valence-electron chi connectivity index (χ1n) is 7.44. The van der Waals surface area contributed by atoms with Crippen LogP contribution in [0.4, 0.5) is 5.69 Å². The molecule has 21 heavy (non-hydrogen) atoms. The molecule has 2 rings (SSSR count). The highest BCUT2D eigenvalue weighted by Crippen LogP contribution is 2.27. The van der Waals surface area contributed by atoms with E-state index in [-0.39, 0.29) is 5.91 Å². The summed E-state index contributed by atoms with van der Waals surface area (Å²) < 4.78 is 10.4. The minimum Gasteiger partial charge on any atom is -0.382 e. The molecule has 1 fully saturated rings. The standard InChI is InChI=1S/C16H24N2O3/c1-20-7-8-21-12-14-3-2-4-15(9-14)18-16(19)11-17-10-13-5-6-13/h2-4,9,13,17H,5-8,10-12H2,1H3,(H,18,19). The van der Waals surface area contributed by atoms with Crippen LogP contribution in [-0.4, -0.2) is 39.3 Å². The number of ether oxygens (including phenoxy) is 2. The van der Waals surface area contributed by atoms with E-state index in [1.165, 1.54) is 12.8 Å². The second-order valence-corrected chi connectivity index (χ2v) is 5.37. The molecule has 116 valence electrons. The van der Waals surface area contributed by atoms with Crippen LogP contribution in [0.25, 0.3) is 0 Å². The predicted molar refractivity (Wildman–Crippen MR) is 82.2 cm³/mol. The van der Waals surface area contributed by atoms with Crippen LogP contribution < -0.4 is 10.6 Å². The Balaban J connectivity index is 1.69. The molecular formula is C16H24N2O3. The molecule has 1 aliphatic rings. The van der Waals surface area contributed by atoms with Crippen LogP contribution in [0.2, 0.25) is 0 Å². The number of benzene rings is 1. The number of methoxy groups -OCH3 is 1. The van der Waals surface area contributed by atoms with E-state index >= 15 is 0 Å². The lowest BCUT2D eigenvalue weighted by Crippen LogP contribution is -2.29. The Kier molecular flexibility index (Phi) is 6.66. The fourth-order valence-corrected chi connectivity index (χ4v) is 1.99. The summed E-state index contributed by atoms with van der Waals surface area (Å²) in [5, 5.41) is 6.08. The van der Waals surface area contributed by atoms with E-state index in [9.17, 15) is 4.79 Å². The Morgan fingerprint density at radius 1 is 1.33 bits per heavy atom. The van der Waals surface area contributed by atoms with Crippen LogP contribution in [0.5, 0.6) is 0 Å². The lowest BCUT2D eigenvalue weighted by atomic mass is 10.2. The van der Waals surface area contributed by atoms with Gasteiger partial charge in [0, 0.05) is 12.8 Å².